The topological polar surface area (TPSA) is 42.3 Å². The first kappa shape index (κ1) is 14.4. The highest BCUT2D eigenvalue weighted by Crippen LogP contribution is 2.12. The number of hydrogen-bond donors (Lipinski definition) is 1. The molecule has 1 aliphatic heterocycles. The molecule has 0 amide bonds. The predicted molar refractivity (Wildman–Crippen MR) is 70.8 cm³/mol. The van der Waals surface area contributed by atoms with Gasteiger partial charge in [0.1, 0.15) is 0 Å². The van der Waals surface area contributed by atoms with Crippen molar-refractivity contribution in [1.82, 2.24) is 15.1 Å². The molecular formula is C13H26N4. The quantitative estimate of drug-likeness (QED) is 0.773. The molecule has 0 aromatic rings. The zero-order chi connectivity index (χ0) is 12.7. The second kappa shape index (κ2) is 7.65. The van der Waals surface area contributed by atoms with E-state index in [0.29, 0.717) is 6.04 Å². The molecule has 1 heterocycles. The van der Waals surface area contributed by atoms with Gasteiger partial charge in [0, 0.05) is 19.1 Å². The number of nitriles is 1. The molecule has 1 aliphatic rings. The Hall–Kier alpha value is -0.630. The molecule has 0 aliphatic carbocycles. The number of rotatable bonds is 5. The first-order valence-electron chi connectivity index (χ1n) is 6.70. The second-order valence-corrected chi connectivity index (χ2v) is 4.97. The van der Waals surface area contributed by atoms with Crippen molar-refractivity contribution in [2.24, 2.45) is 0 Å². The summed E-state index contributed by atoms with van der Waals surface area (Å²) in [7, 11) is 4.07. The lowest BCUT2D eigenvalue weighted by molar-refractivity contribution is 0.179. The minimum absolute atomic E-state index is 0.00603. The molecule has 0 spiro atoms. The monoisotopic (exact) mass is 238 g/mol. The van der Waals surface area contributed by atoms with Gasteiger partial charge >= 0.3 is 0 Å². The van der Waals surface area contributed by atoms with Crippen molar-refractivity contribution in [3.8, 4) is 6.07 Å². The summed E-state index contributed by atoms with van der Waals surface area (Å²) >= 11 is 0. The number of nitrogens with zero attached hydrogens (tertiary/aromatic N) is 3. The fraction of sp³-hybridized carbons (Fsp3) is 0.923. The van der Waals surface area contributed by atoms with E-state index in [4.69, 9.17) is 5.26 Å². The fourth-order valence-electron chi connectivity index (χ4n) is 2.54. The van der Waals surface area contributed by atoms with Crippen molar-refractivity contribution in [2.45, 2.75) is 38.3 Å². The molecule has 17 heavy (non-hydrogen) atoms. The smallest absolute Gasteiger partial charge is 0.0962 e. The first-order valence-corrected chi connectivity index (χ1v) is 6.70. The maximum Gasteiger partial charge on any atom is 0.0962 e. The van der Waals surface area contributed by atoms with E-state index in [2.05, 4.69) is 35.2 Å². The van der Waals surface area contributed by atoms with Crippen LogP contribution in [0.1, 0.15) is 26.2 Å². The van der Waals surface area contributed by atoms with Crippen molar-refractivity contribution in [3.05, 3.63) is 0 Å². The van der Waals surface area contributed by atoms with Crippen LogP contribution in [0.25, 0.3) is 0 Å². The van der Waals surface area contributed by atoms with Crippen molar-refractivity contribution < 1.29 is 0 Å². The molecule has 4 nitrogen and oxygen atoms in total. The van der Waals surface area contributed by atoms with Gasteiger partial charge in [-0.25, -0.2) is 0 Å². The highest BCUT2D eigenvalue weighted by molar-refractivity contribution is 4.90. The zero-order valence-electron chi connectivity index (χ0n) is 11.4. The molecule has 0 aromatic carbocycles. The van der Waals surface area contributed by atoms with Gasteiger partial charge in [0.15, 0.2) is 0 Å². The van der Waals surface area contributed by atoms with Crippen LogP contribution in [0.4, 0.5) is 0 Å². The lowest BCUT2D eigenvalue weighted by Gasteiger charge is -2.30. The summed E-state index contributed by atoms with van der Waals surface area (Å²) in [5.41, 5.74) is 0. The summed E-state index contributed by atoms with van der Waals surface area (Å²) in [6.07, 6.45) is 3.36. The van der Waals surface area contributed by atoms with E-state index in [1.165, 1.54) is 25.9 Å². The minimum Gasteiger partial charge on any atom is -0.305 e. The Morgan fingerprint density at radius 2 is 2.24 bits per heavy atom. The molecule has 1 saturated heterocycles. The van der Waals surface area contributed by atoms with Crippen molar-refractivity contribution in [2.75, 3.05) is 40.3 Å². The number of nitrogens with one attached hydrogen (secondary N) is 1. The second-order valence-electron chi connectivity index (χ2n) is 4.97. The molecule has 0 aromatic heterocycles. The van der Waals surface area contributed by atoms with E-state index in [-0.39, 0.29) is 6.04 Å². The van der Waals surface area contributed by atoms with Crippen LogP contribution in [0.15, 0.2) is 0 Å². The Morgan fingerprint density at radius 3 is 2.82 bits per heavy atom. The Morgan fingerprint density at radius 1 is 1.47 bits per heavy atom. The normalized spacial score (nSPS) is 25.2. The molecule has 98 valence electrons. The molecule has 2 atom stereocenters. The third-order valence-electron chi connectivity index (χ3n) is 3.70. The molecule has 2 unspecified atom stereocenters. The van der Waals surface area contributed by atoms with Crippen molar-refractivity contribution >= 4 is 0 Å². The van der Waals surface area contributed by atoms with Crippen LogP contribution in [-0.4, -0.2) is 62.2 Å². The van der Waals surface area contributed by atoms with E-state index in [0.717, 1.165) is 19.5 Å². The Kier molecular flexibility index (Phi) is 6.49. The summed E-state index contributed by atoms with van der Waals surface area (Å²) in [5.74, 6) is 0. The zero-order valence-corrected chi connectivity index (χ0v) is 11.4. The molecule has 0 bridgehead atoms. The van der Waals surface area contributed by atoms with Crippen LogP contribution < -0.4 is 5.32 Å². The molecule has 4 heteroatoms. The summed E-state index contributed by atoms with van der Waals surface area (Å²) in [5, 5.41) is 12.0. The van der Waals surface area contributed by atoms with Crippen molar-refractivity contribution in [3.63, 3.8) is 0 Å². The van der Waals surface area contributed by atoms with Crippen LogP contribution in [0.5, 0.6) is 0 Å². The third-order valence-corrected chi connectivity index (χ3v) is 3.70. The maximum absolute atomic E-state index is 8.94. The predicted octanol–water partition coefficient (Wildman–Crippen LogP) is 0.904. The summed E-state index contributed by atoms with van der Waals surface area (Å²) in [4.78, 5) is 4.99. The maximum atomic E-state index is 8.94. The average Bonchev–Trinajstić information content (AvgIpc) is 2.52. The van der Waals surface area contributed by atoms with Gasteiger partial charge in [-0.1, -0.05) is 6.92 Å². The first-order chi connectivity index (χ1) is 8.21. The fourth-order valence-corrected chi connectivity index (χ4v) is 2.54. The summed E-state index contributed by atoms with van der Waals surface area (Å²) in [6.45, 7) is 6.82. The van der Waals surface area contributed by atoms with E-state index in [1.807, 2.05) is 7.05 Å². The van der Waals surface area contributed by atoms with Gasteiger partial charge < -0.3 is 10.2 Å². The molecule has 1 N–H and O–H groups in total. The van der Waals surface area contributed by atoms with E-state index < -0.39 is 0 Å². The Bertz CT molecular complexity index is 248. The van der Waals surface area contributed by atoms with Gasteiger partial charge in [0.2, 0.25) is 0 Å². The van der Waals surface area contributed by atoms with Gasteiger partial charge in [0.05, 0.1) is 12.1 Å². The van der Waals surface area contributed by atoms with Crippen LogP contribution >= 0.6 is 0 Å². The van der Waals surface area contributed by atoms with Crippen molar-refractivity contribution in [1.29, 1.82) is 5.26 Å². The molecular weight excluding hydrogens is 212 g/mol. The standard InChI is InChI=1S/C13H26N4/c1-4-13-11-16(3)7-5-8-17(13)9-6-12(10-14)15-2/h12-13,15H,4-9,11H2,1-3H3. The molecule has 0 radical (unpaired) electrons. The van der Waals surface area contributed by atoms with E-state index in [9.17, 15) is 0 Å². The number of hydrogen-bond acceptors (Lipinski definition) is 4. The van der Waals surface area contributed by atoms with Crippen LogP contribution in [0.2, 0.25) is 0 Å². The lowest BCUT2D eigenvalue weighted by atomic mass is 10.1. The number of likely N-dealkylation sites (N-methyl/N-ethyl adjacent to an activating group) is 1. The summed E-state index contributed by atoms with van der Waals surface area (Å²) < 4.78 is 0. The molecule has 1 fully saturated rings. The SMILES string of the molecule is CCC1CN(C)CCCN1CCC(C#N)NC. The minimum atomic E-state index is -0.00603. The van der Waals surface area contributed by atoms with Gasteiger partial charge in [-0.2, -0.15) is 5.26 Å². The third kappa shape index (κ3) is 4.63. The average molecular weight is 238 g/mol. The van der Waals surface area contributed by atoms with E-state index >= 15 is 0 Å². The molecule has 0 saturated carbocycles. The van der Waals surface area contributed by atoms with Crippen LogP contribution in [0.3, 0.4) is 0 Å². The van der Waals surface area contributed by atoms with Crippen LogP contribution in [0, 0.1) is 11.3 Å². The summed E-state index contributed by atoms with van der Waals surface area (Å²) in [6, 6.07) is 2.95. The highest BCUT2D eigenvalue weighted by Gasteiger charge is 2.22. The van der Waals surface area contributed by atoms with E-state index in [1.54, 1.807) is 0 Å². The van der Waals surface area contributed by atoms with Gasteiger partial charge in [-0.05, 0) is 46.4 Å². The Balaban J connectivity index is 2.46. The van der Waals surface area contributed by atoms with Gasteiger partial charge in [0.25, 0.3) is 0 Å². The lowest BCUT2D eigenvalue weighted by Crippen LogP contribution is -2.41. The Labute approximate surface area is 106 Å². The van der Waals surface area contributed by atoms with Crippen LogP contribution in [-0.2, 0) is 0 Å². The van der Waals surface area contributed by atoms with Gasteiger partial charge in [-0.3, -0.25) is 4.90 Å². The molecule has 1 rings (SSSR count). The highest BCUT2D eigenvalue weighted by atomic mass is 15.2. The largest absolute Gasteiger partial charge is 0.305 e. The van der Waals surface area contributed by atoms with Gasteiger partial charge in [-0.15, -0.1) is 0 Å².